The molecule has 2 fully saturated rings. The number of carboxylic acid groups (broad SMARTS) is 1. The molecular weight excluding hydrogens is 255 g/mol. The SMILES string of the molecule is O=C(O)CC1(c2ccc(F)cc2)C2CCCC1CCC2. The van der Waals surface area contributed by atoms with E-state index in [1.54, 1.807) is 0 Å². The van der Waals surface area contributed by atoms with Crippen LogP contribution < -0.4 is 0 Å². The first-order valence-corrected chi connectivity index (χ1v) is 7.61. The highest BCUT2D eigenvalue weighted by atomic mass is 19.1. The Morgan fingerprint density at radius 2 is 1.60 bits per heavy atom. The molecule has 3 heteroatoms. The molecule has 1 N–H and O–H groups in total. The quantitative estimate of drug-likeness (QED) is 0.901. The number of benzene rings is 1. The first-order chi connectivity index (χ1) is 9.63. The van der Waals surface area contributed by atoms with Crippen LogP contribution in [0.5, 0.6) is 0 Å². The maximum atomic E-state index is 13.2. The molecule has 2 aliphatic rings. The molecule has 0 saturated heterocycles. The minimum absolute atomic E-state index is 0.188. The van der Waals surface area contributed by atoms with Gasteiger partial charge in [-0.25, -0.2) is 4.39 Å². The highest BCUT2D eigenvalue weighted by Crippen LogP contribution is 2.56. The Hall–Kier alpha value is -1.38. The lowest BCUT2D eigenvalue weighted by molar-refractivity contribution is -0.141. The van der Waals surface area contributed by atoms with E-state index in [0.29, 0.717) is 11.8 Å². The monoisotopic (exact) mass is 276 g/mol. The van der Waals surface area contributed by atoms with E-state index in [1.165, 1.54) is 25.0 Å². The van der Waals surface area contributed by atoms with Gasteiger partial charge in [0.25, 0.3) is 0 Å². The third kappa shape index (κ3) is 2.13. The standard InChI is InChI=1S/C17H21FO2/c18-15-9-7-14(8-10-15)17(11-16(19)20)12-3-1-4-13(17)6-2-5-12/h7-10,12-13H,1-6,11H2,(H,19,20). The molecule has 0 unspecified atom stereocenters. The van der Waals surface area contributed by atoms with Crippen LogP contribution in [0.1, 0.15) is 50.5 Å². The summed E-state index contributed by atoms with van der Waals surface area (Å²) >= 11 is 0. The molecule has 0 spiro atoms. The third-order valence-corrected chi connectivity index (χ3v) is 5.49. The number of carbonyl (C=O) groups is 1. The van der Waals surface area contributed by atoms with Crippen molar-refractivity contribution in [2.75, 3.05) is 0 Å². The Kier molecular flexibility index (Phi) is 3.53. The van der Waals surface area contributed by atoms with Crippen LogP contribution >= 0.6 is 0 Å². The van der Waals surface area contributed by atoms with Crippen molar-refractivity contribution in [3.63, 3.8) is 0 Å². The van der Waals surface area contributed by atoms with Gasteiger partial charge >= 0.3 is 5.97 Å². The molecule has 0 heterocycles. The summed E-state index contributed by atoms with van der Waals surface area (Å²) in [6.45, 7) is 0. The van der Waals surface area contributed by atoms with Gasteiger partial charge in [-0.2, -0.15) is 0 Å². The van der Waals surface area contributed by atoms with Crippen molar-refractivity contribution < 1.29 is 14.3 Å². The summed E-state index contributed by atoms with van der Waals surface area (Å²) in [6, 6.07) is 6.58. The van der Waals surface area contributed by atoms with Crippen molar-refractivity contribution in [1.29, 1.82) is 0 Å². The number of carboxylic acids is 1. The van der Waals surface area contributed by atoms with Gasteiger partial charge in [-0.3, -0.25) is 4.79 Å². The van der Waals surface area contributed by atoms with Gasteiger partial charge in [-0.05, 0) is 55.2 Å². The minimum atomic E-state index is -0.729. The van der Waals surface area contributed by atoms with Crippen molar-refractivity contribution in [3.8, 4) is 0 Å². The summed E-state index contributed by atoms with van der Waals surface area (Å²) in [5.74, 6) is -0.0959. The Labute approximate surface area is 119 Å². The largest absolute Gasteiger partial charge is 0.481 e. The van der Waals surface area contributed by atoms with Crippen LogP contribution in [-0.4, -0.2) is 11.1 Å². The van der Waals surface area contributed by atoms with E-state index in [1.807, 2.05) is 12.1 Å². The Morgan fingerprint density at radius 3 is 2.05 bits per heavy atom. The fourth-order valence-electron chi connectivity index (χ4n) is 4.75. The third-order valence-electron chi connectivity index (χ3n) is 5.49. The fraction of sp³-hybridized carbons (Fsp3) is 0.588. The molecule has 0 atom stereocenters. The van der Waals surface area contributed by atoms with E-state index < -0.39 is 5.97 Å². The van der Waals surface area contributed by atoms with Gasteiger partial charge in [-0.1, -0.05) is 25.0 Å². The normalized spacial score (nSPS) is 32.9. The Bertz CT molecular complexity index is 472. The van der Waals surface area contributed by atoms with Gasteiger partial charge in [0.15, 0.2) is 0 Å². The first-order valence-electron chi connectivity index (χ1n) is 7.61. The van der Waals surface area contributed by atoms with E-state index in [0.717, 1.165) is 31.2 Å². The predicted molar refractivity (Wildman–Crippen MR) is 75.0 cm³/mol. The predicted octanol–water partition coefficient (Wildman–Crippen LogP) is 4.14. The lowest BCUT2D eigenvalue weighted by Crippen LogP contribution is -2.49. The van der Waals surface area contributed by atoms with E-state index in [2.05, 4.69) is 0 Å². The molecule has 0 radical (unpaired) electrons. The highest BCUT2D eigenvalue weighted by Gasteiger charge is 2.51. The molecular formula is C17H21FO2. The molecule has 0 aliphatic heterocycles. The van der Waals surface area contributed by atoms with Gasteiger partial charge in [0.05, 0.1) is 6.42 Å². The minimum Gasteiger partial charge on any atom is -0.481 e. The van der Waals surface area contributed by atoms with Crippen molar-refractivity contribution >= 4 is 5.97 Å². The van der Waals surface area contributed by atoms with Crippen LogP contribution in [0.25, 0.3) is 0 Å². The Morgan fingerprint density at radius 1 is 1.10 bits per heavy atom. The molecule has 20 heavy (non-hydrogen) atoms. The van der Waals surface area contributed by atoms with Crippen molar-refractivity contribution in [1.82, 2.24) is 0 Å². The molecule has 108 valence electrons. The second-order valence-corrected chi connectivity index (χ2v) is 6.37. The average Bonchev–Trinajstić information content (AvgIpc) is 2.38. The summed E-state index contributed by atoms with van der Waals surface area (Å²) in [6.07, 6.45) is 7.05. The lowest BCUT2D eigenvalue weighted by atomic mass is 9.51. The summed E-state index contributed by atoms with van der Waals surface area (Å²) in [5.41, 5.74) is 0.770. The van der Waals surface area contributed by atoms with E-state index in [4.69, 9.17) is 0 Å². The number of fused-ring (bicyclic) bond motifs is 2. The molecule has 2 saturated carbocycles. The summed E-state index contributed by atoms with van der Waals surface area (Å²) in [5, 5.41) is 9.43. The number of rotatable bonds is 3. The molecule has 1 aromatic carbocycles. The first kappa shape index (κ1) is 13.6. The van der Waals surface area contributed by atoms with Crippen molar-refractivity contribution in [2.24, 2.45) is 11.8 Å². The smallest absolute Gasteiger partial charge is 0.304 e. The molecule has 3 rings (SSSR count). The summed E-state index contributed by atoms with van der Waals surface area (Å²) in [4.78, 5) is 11.5. The second kappa shape index (κ2) is 5.19. The second-order valence-electron chi connectivity index (χ2n) is 6.37. The fourth-order valence-corrected chi connectivity index (χ4v) is 4.75. The number of hydrogen-bond acceptors (Lipinski definition) is 1. The zero-order valence-corrected chi connectivity index (χ0v) is 11.6. The van der Waals surface area contributed by atoms with Gasteiger partial charge in [0, 0.05) is 5.41 Å². The van der Waals surface area contributed by atoms with Crippen molar-refractivity contribution in [2.45, 2.75) is 50.4 Å². The number of halogens is 1. The molecule has 1 aromatic rings. The molecule has 0 aromatic heterocycles. The van der Waals surface area contributed by atoms with Crippen LogP contribution in [0.15, 0.2) is 24.3 Å². The zero-order chi connectivity index (χ0) is 14.2. The molecule has 2 nitrogen and oxygen atoms in total. The molecule has 0 amide bonds. The van der Waals surface area contributed by atoms with Gasteiger partial charge in [0.2, 0.25) is 0 Å². The van der Waals surface area contributed by atoms with E-state index in [9.17, 15) is 14.3 Å². The zero-order valence-electron chi connectivity index (χ0n) is 11.6. The summed E-state index contributed by atoms with van der Waals surface area (Å²) in [7, 11) is 0. The van der Waals surface area contributed by atoms with Gasteiger partial charge in [-0.15, -0.1) is 0 Å². The summed E-state index contributed by atoms with van der Waals surface area (Å²) < 4.78 is 13.2. The van der Waals surface area contributed by atoms with Gasteiger partial charge < -0.3 is 5.11 Å². The maximum Gasteiger partial charge on any atom is 0.304 e. The Balaban J connectivity index is 2.07. The van der Waals surface area contributed by atoms with E-state index >= 15 is 0 Å². The van der Waals surface area contributed by atoms with Crippen LogP contribution in [0.3, 0.4) is 0 Å². The molecule has 2 bridgehead atoms. The number of aliphatic carboxylic acids is 1. The van der Waals surface area contributed by atoms with Crippen molar-refractivity contribution in [3.05, 3.63) is 35.6 Å². The molecule has 2 aliphatic carbocycles. The maximum absolute atomic E-state index is 13.2. The number of hydrogen-bond donors (Lipinski definition) is 1. The topological polar surface area (TPSA) is 37.3 Å². The van der Waals surface area contributed by atoms with Crippen LogP contribution in [0, 0.1) is 17.7 Å². The van der Waals surface area contributed by atoms with E-state index in [-0.39, 0.29) is 17.7 Å². The average molecular weight is 276 g/mol. The van der Waals surface area contributed by atoms with Crippen LogP contribution in [0.2, 0.25) is 0 Å². The van der Waals surface area contributed by atoms with Crippen LogP contribution in [0.4, 0.5) is 4.39 Å². The van der Waals surface area contributed by atoms with Gasteiger partial charge in [0.1, 0.15) is 5.82 Å². The van der Waals surface area contributed by atoms with Crippen LogP contribution in [-0.2, 0) is 10.2 Å². The lowest BCUT2D eigenvalue weighted by Gasteiger charge is -2.53. The highest BCUT2D eigenvalue weighted by molar-refractivity contribution is 5.69.